The Hall–Kier alpha value is 0.868. The zero-order valence-corrected chi connectivity index (χ0v) is 17.3. The molecular formula is C13H32Si4. The minimum atomic E-state index is -0.796. The molecule has 0 amide bonds. The van der Waals surface area contributed by atoms with Gasteiger partial charge in [-0.1, -0.05) is 76.6 Å². The first-order valence-corrected chi connectivity index (χ1v) is 22.2. The average molecular weight is 301 g/mol. The molecule has 17 heavy (non-hydrogen) atoms. The van der Waals surface area contributed by atoms with Crippen molar-refractivity contribution in [1.29, 1.82) is 0 Å². The van der Waals surface area contributed by atoms with E-state index in [1.54, 1.807) is 24.2 Å². The molecule has 0 aromatic heterocycles. The van der Waals surface area contributed by atoms with Gasteiger partial charge in [0.2, 0.25) is 0 Å². The molecule has 0 unspecified atom stereocenters. The second-order valence-electron chi connectivity index (χ2n) is 9.83. The second-order valence-corrected chi connectivity index (χ2v) is 42.7. The third kappa shape index (κ3) is 2.03. The van der Waals surface area contributed by atoms with Gasteiger partial charge < -0.3 is 0 Å². The van der Waals surface area contributed by atoms with E-state index < -0.39 is 30.4 Å². The van der Waals surface area contributed by atoms with E-state index in [4.69, 9.17) is 0 Å². The second kappa shape index (κ2) is 3.49. The average Bonchev–Trinajstić information content (AvgIpc) is 1.93. The molecule has 4 heteroatoms. The van der Waals surface area contributed by atoms with Gasteiger partial charge >= 0.3 is 0 Å². The molecule has 0 nitrogen and oxygen atoms in total. The summed E-state index contributed by atoms with van der Waals surface area (Å²) in [6.45, 7) is 21.3. The fraction of sp³-hybridized carbons (Fsp3) is 1.00. The zero-order chi connectivity index (χ0) is 13.3. The summed E-state index contributed by atoms with van der Waals surface area (Å²) >= 11 is 0. The predicted molar refractivity (Wildman–Crippen MR) is 91.6 cm³/mol. The smallest absolute Gasteiger partial charge is 0.0450 e. The van der Waals surface area contributed by atoms with Crippen LogP contribution in [0.2, 0.25) is 76.6 Å². The molecule has 0 aromatic carbocycles. The topological polar surface area (TPSA) is 0 Å². The third-order valence-corrected chi connectivity index (χ3v) is 43.9. The molecule has 0 N–H and O–H groups in total. The summed E-state index contributed by atoms with van der Waals surface area (Å²) in [4.78, 5) is 0. The van der Waals surface area contributed by atoms with Crippen molar-refractivity contribution in [1.82, 2.24) is 0 Å². The van der Waals surface area contributed by atoms with Gasteiger partial charge in [0.1, 0.15) is 0 Å². The Morgan fingerprint density at radius 3 is 1.06 bits per heavy atom. The fourth-order valence-electron chi connectivity index (χ4n) is 4.52. The molecule has 100 valence electrons. The van der Waals surface area contributed by atoms with Gasteiger partial charge in [0.25, 0.3) is 0 Å². The van der Waals surface area contributed by atoms with Crippen LogP contribution in [0.4, 0.5) is 0 Å². The molecule has 0 atom stereocenters. The molecule has 2 saturated heterocycles. The molecule has 0 saturated carbocycles. The molecule has 2 aliphatic heterocycles. The molecule has 2 heterocycles. The lowest BCUT2D eigenvalue weighted by Gasteiger charge is -2.70. The van der Waals surface area contributed by atoms with Gasteiger partial charge in [0.05, 0.1) is 0 Å². The largest absolute Gasteiger partial charge is 0.0715 e. The van der Waals surface area contributed by atoms with Gasteiger partial charge in [-0.3, -0.25) is 0 Å². The maximum atomic E-state index is 2.73. The molecule has 0 radical (unpaired) electrons. The highest BCUT2D eigenvalue weighted by atomic mass is 29.3. The van der Waals surface area contributed by atoms with Crippen LogP contribution in [-0.4, -0.2) is 30.4 Å². The maximum absolute atomic E-state index is 2.73. The Balaban J connectivity index is 2.00. The van der Waals surface area contributed by atoms with Crippen molar-refractivity contribution in [3.63, 3.8) is 0 Å². The Labute approximate surface area is 112 Å². The molecule has 0 aromatic rings. The summed E-state index contributed by atoms with van der Waals surface area (Å²) < 4.78 is 0. The van der Waals surface area contributed by atoms with Crippen LogP contribution in [0.1, 0.15) is 0 Å². The lowest BCUT2D eigenvalue weighted by atomic mass is 9.95. The standard InChI is InChI=1S/C13H32Si4/c1-14(2,3)16(7)9-13(10-16)11-17(8,12-13)15(4,5)6/h9-12H2,1-8H3. The molecule has 2 aliphatic rings. The highest BCUT2D eigenvalue weighted by Crippen LogP contribution is 2.68. The number of rotatable bonds is 2. The summed E-state index contributed by atoms with van der Waals surface area (Å²) in [6, 6.07) is 6.90. The summed E-state index contributed by atoms with van der Waals surface area (Å²) in [7, 11) is -3.09. The summed E-state index contributed by atoms with van der Waals surface area (Å²) in [6.07, 6.45) is 0. The van der Waals surface area contributed by atoms with Crippen LogP contribution in [0.25, 0.3) is 0 Å². The van der Waals surface area contributed by atoms with E-state index >= 15 is 0 Å². The SMILES string of the molecule is C[Si](C)(C)[Si]1(C)CC2(C1)C[Si](C)([Si](C)(C)C)C2. The summed E-state index contributed by atoms with van der Waals surface area (Å²) in [5.41, 5.74) is 0.919. The summed E-state index contributed by atoms with van der Waals surface area (Å²) in [5, 5.41) is 0. The van der Waals surface area contributed by atoms with E-state index in [2.05, 4.69) is 52.4 Å². The van der Waals surface area contributed by atoms with Gasteiger partial charge in [0.15, 0.2) is 0 Å². The number of hydrogen-bond acceptors (Lipinski definition) is 0. The number of hydrogen-bond donors (Lipinski definition) is 0. The fourth-order valence-corrected chi connectivity index (χ4v) is 25.9. The quantitative estimate of drug-likeness (QED) is 0.630. The predicted octanol–water partition coefficient (Wildman–Crippen LogP) is 4.99. The van der Waals surface area contributed by atoms with Crippen molar-refractivity contribution < 1.29 is 0 Å². The first-order chi connectivity index (χ1) is 7.33. The van der Waals surface area contributed by atoms with E-state index in [-0.39, 0.29) is 0 Å². The van der Waals surface area contributed by atoms with E-state index in [1.165, 1.54) is 0 Å². The Morgan fingerprint density at radius 1 is 0.647 bits per heavy atom. The maximum Gasteiger partial charge on any atom is 0.0450 e. The van der Waals surface area contributed by atoms with Crippen LogP contribution < -0.4 is 0 Å². The molecule has 2 fully saturated rings. The van der Waals surface area contributed by atoms with Crippen molar-refractivity contribution >= 4 is 30.4 Å². The van der Waals surface area contributed by atoms with Gasteiger partial charge in [0, 0.05) is 30.4 Å². The van der Waals surface area contributed by atoms with Crippen LogP contribution in [0.15, 0.2) is 0 Å². The first kappa shape index (κ1) is 14.3. The Bertz CT molecular complexity index is 285. The molecule has 0 bridgehead atoms. The van der Waals surface area contributed by atoms with Crippen molar-refractivity contribution in [2.24, 2.45) is 5.41 Å². The van der Waals surface area contributed by atoms with E-state index in [0.717, 1.165) is 5.41 Å². The Morgan fingerprint density at radius 2 is 0.882 bits per heavy atom. The molecule has 1 spiro atoms. The molecule has 0 aliphatic carbocycles. The summed E-state index contributed by atoms with van der Waals surface area (Å²) in [5.74, 6) is 0. The van der Waals surface area contributed by atoms with Crippen LogP contribution in [-0.2, 0) is 0 Å². The van der Waals surface area contributed by atoms with Crippen LogP contribution in [0.3, 0.4) is 0 Å². The lowest BCUT2D eigenvalue weighted by molar-refractivity contribution is 0.352. The van der Waals surface area contributed by atoms with Crippen LogP contribution in [0.5, 0.6) is 0 Å². The van der Waals surface area contributed by atoms with E-state index in [1.807, 2.05) is 0 Å². The highest BCUT2D eigenvalue weighted by molar-refractivity contribution is 7.44. The Kier molecular flexibility index (Phi) is 2.93. The monoisotopic (exact) mass is 300 g/mol. The van der Waals surface area contributed by atoms with E-state index in [9.17, 15) is 0 Å². The molecular weight excluding hydrogens is 268 g/mol. The van der Waals surface area contributed by atoms with Crippen LogP contribution >= 0.6 is 0 Å². The minimum absolute atomic E-state index is 0.749. The zero-order valence-electron chi connectivity index (χ0n) is 13.3. The minimum Gasteiger partial charge on any atom is -0.0715 e. The van der Waals surface area contributed by atoms with Crippen molar-refractivity contribution in [3.8, 4) is 0 Å². The van der Waals surface area contributed by atoms with Gasteiger partial charge in [-0.05, 0) is 5.41 Å². The van der Waals surface area contributed by atoms with E-state index in [0.29, 0.717) is 0 Å². The van der Waals surface area contributed by atoms with Crippen molar-refractivity contribution in [2.75, 3.05) is 0 Å². The van der Waals surface area contributed by atoms with Crippen molar-refractivity contribution in [3.05, 3.63) is 0 Å². The van der Waals surface area contributed by atoms with Crippen LogP contribution in [0, 0.1) is 5.41 Å². The molecule has 2 rings (SSSR count). The van der Waals surface area contributed by atoms with Gasteiger partial charge in [-0.25, -0.2) is 0 Å². The van der Waals surface area contributed by atoms with Gasteiger partial charge in [-0.2, -0.15) is 0 Å². The van der Waals surface area contributed by atoms with Gasteiger partial charge in [-0.15, -0.1) is 0 Å². The lowest BCUT2D eigenvalue weighted by Crippen LogP contribution is -2.76. The normalized spacial score (nSPS) is 46.6. The van der Waals surface area contributed by atoms with Crippen molar-refractivity contribution in [2.45, 2.75) is 76.6 Å². The first-order valence-electron chi connectivity index (χ1n) is 7.33. The highest BCUT2D eigenvalue weighted by Gasteiger charge is 2.68. The third-order valence-electron chi connectivity index (χ3n) is 6.68.